The Bertz CT molecular complexity index is 592. The molecule has 2 aromatic rings. The van der Waals surface area contributed by atoms with Crippen LogP contribution in [-0.4, -0.2) is 9.78 Å². The van der Waals surface area contributed by atoms with Gasteiger partial charge in [-0.1, -0.05) is 62.2 Å². The van der Waals surface area contributed by atoms with Gasteiger partial charge in [0.15, 0.2) is 0 Å². The maximum absolute atomic E-state index is 6.75. The van der Waals surface area contributed by atoms with Crippen LogP contribution in [0.2, 0.25) is 5.02 Å². The van der Waals surface area contributed by atoms with Crippen molar-refractivity contribution >= 4 is 11.6 Å². The minimum absolute atomic E-state index is 0.404. The van der Waals surface area contributed by atoms with Gasteiger partial charge in [-0.3, -0.25) is 4.68 Å². The molecule has 1 aromatic carbocycles. The number of rotatable bonds is 6. The van der Waals surface area contributed by atoms with Gasteiger partial charge >= 0.3 is 0 Å². The molecule has 0 fully saturated rings. The molecule has 0 radical (unpaired) electrons. The van der Waals surface area contributed by atoms with Crippen molar-refractivity contribution in [2.45, 2.75) is 45.1 Å². The quantitative estimate of drug-likeness (QED) is 0.881. The summed E-state index contributed by atoms with van der Waals surface area (Å²) in [6.45, 7) is 4.23. The highest BCUT2D eigenvalue weighted by Gasteiger charge is 2.29. The molecule has 0 amide bonds. The molecule has 0 aliphatic rings. The molecule has 3 nitrogen and oxygen atoms in total. The van der Waals surface area contributed by atoms with Gasteiger partial charge in [0.25, 0.3) is 0 Å². The molecule has 21 heavy (non-hydrogen) atoms. The van der Waals surface area contributed by atoms with Crippen LogP contribution in [0.15, 0.2) is 30.3 Å². The van der Waals surface area contributed by atoms with Gasteiger partial charge < -0.3 is 5.73 Å². The Morgan fingerprint density at radius 3 is 2.43 bits per heavy atom. The summed E-state index contributed by atoms with van der Waals surface area (Å²) in [6, 6.07) is 10.3. The average molecular weight is 306 g/mol. The van der Waals surface area contributed by atoms with Crippen molar-refractivity contribution in [1.29, 1.82) is 0 Å². The Balaban J connectivity index is 2.39. The van der Waals surface area contributed by atoms with Gasteiger partial charge in [-0.15, -0.1) is 0 Å². The summed E-state index contributed by atoms with van der Waals surface area (Å²) in [6.07, 6.45) is 3.48. The van der Waals surface area contributed by atoms with Crippen molar-refractivity contribution in [3.8, 4) is 0 Å². The van der Waals surface area contributed by atoms with E-state index in [-0.39, 0.29) is 0 Å². The highest BCUT2D eigenvalue weighted by atomic mass is 35.5. The van der Waals surface area contributed by atoms with Crippen LogP contribution in [0.5, 0.6) is 0 Å². The lowest BCUT2D eigenvalue weighted by molar-refractivity contribution is 0.390. The number of halogens is 1. The zero-order valence-electron chi connectivity index (χ0n) is 13.1. The van der Waals surface area contributed by atoms with E-state index in [9.17, 15) is 0 Å². The van der Waals surface area contributed by atoms with Gasteiger partial charge in [0.05, 0.1) is 16.4 Å². The first kappa shape index (κ1) is 16.1. The summed E-state index contributed by atoms with van der Waals surface area (Å²) in [7, 11) is 1.94. The first-order valence-electron chi connectivity index (χ1n) is 7.56. The fraction of sp³-hybridized carbons (Fsp3) is 0.471. The SMILES string of the molecule is CCCC(N)(Cc1c(Cl)c(CC)nn1C)c1ccccc1. The fourth-order valence-electron chi connectivity index (χ4n) is 2.86. The highest BCUT2D eigenvalue weighted by molar-refractivity contribution is 6.31. The number of nitrogens with two attached hydrogens (primary N) is 1. The van der Waals surface area contributed by atoms with Gasteiger partial charge in [0.1, 0.15) is 0 Å². The van der Waals surface area contributed by atoms with Crippen molar-refractivity contribution < 1.29 is 0 Å². The minimum Gasteiger partial charge on any atom is -0.321 e. The molecule has 1 unspecified atom stereocenters. The lowest BCUT2D eigenvalue weighted by atomic mass is 9.82. The van der Waals surface area contributed by atoms with Crippen LogP contribution in [0.1, 0.15) is 43.6 Å². The van der Waals surface area contributed by atoms with Crippen LogP contribution in [0.3, 0.4) is 0 Å². The van der Waals surface area contributed by atoms with E-state index in [2.05, 4.69) is 31.1 Å². The van der Waals surface area contributed by atoms with Crippen LogP contribution in [-0.2, 0) is 25.4 Å². The third-order valence-corrected chi connectivity index (χ3v) is 4.47. The van der Waals surface area contributed by atoms with Crippen LogP contribution in [0, 0.1) is 0 Å². The van der Waals surface area contributed by atoms with E-state index < -0.39 is 5.54 Å². The van der Waals surface area contributed by atoms with E-state index in [1.807, 2.05) is 29.9 Å². The van der Waals surface area contributed by atoms with Crippen molar-refractivity contribution in [2.75, 3.05) is 0 Å². The first-order chi connectivity index (χ1) is 10.0. The second-order valence-corrected chi connectivity index (χ2v) is 6.01. The molecular weight excluding hydrogens is 282 g/mol. The molecule has 0 aliphatic carbocycles. The van der Waals surface area contributed by atoms with Crippen LogP contribution in [0.25, 0.3) is 0 Å². The molecule has 1 heterocycles. The molecule has 0 saturated carbocycles. The minimum atomic E-state index is -0.404. The molecule has 2 N–H and O–H groups in total. The Hall–Kier alpha value is -1.32. The van der Waals surface area contributed by atoms with Crippen molar-refractivity contribution in [3.63, 3.8) is 0 Å². The van der Waals surface area contributed by atoms with E-state index in [4.69, 9.17) is 17.3 Å². The van der Waals surface area contributed by atoms with Crippen molar-refractivity contribution in [2.24, 2.45) is 12.8 Å². The molecule has 0 spiro atoms. The molecule has 0 saturated heterocycles. The molecule has 0 bridgehead atoms. The van der Waals surface area contributed by atoms with Crippen molar-refractivity contribution in [1.82, 2.24) is 9.78 Å². The average Bonchev–Trinajstić information content (AvgIpc) is 2.76. The van der Waals surface area contributed by atoms with Gasteiger partial charge in [0.2, 0.25) is 0 Å². The van der Waals surface area contributed by atoms with E-state index in [0.717, 1.165) is 41.2 Å². The monoisotopic (exact) mass is 305 g/mol. The summed E-state index contributed by atoms with van der Waals surface area (Å²) in [5.41, 5.74) is 9.47. The highest BCUT2D eigenvalue weighted by Crippen LogP contribution is 2.31. The van der Waals surface area contributed by atoms with E-state index in [1.54, 1.807) is 0 Å². The molecule has 4 heteroatoms. The third-order valence-electron chi connectivity index (χ3n) is 4.03. The zero-order valence-corrected chi connectivity index (χ0v) is 13.8. The Labute approximate surface area is 132 Å². The predicted octanol–water partition coefficient (Wildman–Crippen LogP) is 3.83. The number of hydrogen-bond donors (Lipinski definition) is 1. The van der Waals surface area contributed by atoms with E-state index in [0.29, 0.717) is 6.42 Å². The maximum Gasteiger partial charge on any atom is 0.0850 e. The molecular formula is C17H24ClN3. The third kappa shape index (κ3) is 3.30. The second-order valence-electron chi connectivity index (χ2n) is 5.63. The number of nitrogens with zero attached hydrogens (tertiary/aromatic N) is 2. The van der Waals surface area contributed by atoms with E-state index >= 15 is 0 Å². The maximum atomic E-state index is 6.75. The van der Waals surface area contributed by atoms with Gasteiger partial charge in [0, 0.05) is 19.0 Å². The molecule has 114 valence electrons. The molecule has 1 aromatic heterocycles. The summed E-state index contributed by atoms with van der Waals surface area (Å²) < 4.78 is 1.88. The van der Waals surface area contributed by atoms with Gasteiger partial charge in [-0.25, -0.2) is 0 Å². The summed E-state index contributed by atoms with van der Waals surface area (Å²) >= 11 is 6.48. The normalized spacial score (nSPS) is 14.1. The number of hydrogen-bond acceptors (Lipinski definition) is 2. The zero-order chi connectivity index (χ0) is 15.5. The Morgan fingerprint density at radius 1 is 1.24 bits per heavy atom. The topological polar surface area (TPSA) is 43.8 Å². The lowest BCUT2D eigenvalue weighted by Gasteiger charge is -2.30. The summed E-state index contributed by atoms with van der Waals surface area (Å²) in [5.74, 6) is 0. The number of aromatic nitrogens is 2. The second kappa shape index (κ2) is 6.63. The Kier molecular flexibility index (Phi) is 5.07. The number of aryl methyl sites for hydroxylation is 2. The van der Waals surface area contributed by atoms with Crippen LogP contribution < -0.4 is 5.73 Å². The molecule has 1 atom stereocenters. The van der Waals surface area contributed by atoms with Crippen LogP contribution >= 0.6 is 11.6 Å². The lowest BCUT2D eigenvalue weighted by Crippen LogP contribution is -2.39. The van der Waals surface area contributed by atoms with Gasteiger partial charge in [-0.2, -0.15) is 5.10 Å². The Morgan fingerprint density at radius 2 is 1.90 bits per heavy atom. The number of benzene rings is 1. The van der Waals surface area contributed by atoms with E-state index in [1.165, 1.54) is 0 Å². The largest absolute Gasteiger partial charge is 0.321 e. The van der Waals surface area contributed by atoms with Gasteiger partial charge in [-0.05, 0) is 18.4 Å². The predicted molar refractivity (Wildman–Crippen MR) is 88.5 cm³/mol. The standard InChI is InChI=1S/C17H24ClN3/c1-4-11-17(19,13-9-7-6-8-10-13)12-15-16(18)14(5-2)20-21(15)3/h6-10H,4-5,11-12,19H2,1-3H3. The van der Waals surface area contributed by atoms with Crippen molar-refractivity contribution in [3.05, 3.63) is 52.3 Å². The summed E-state index contributed by atoms with van der Waals surface area (Å²) in [4.78, 5) is 0. The van der Waals surface area contributed by atoms with Crippen LogP contribution in [0.4, 0.5) is 0 Å². The first-order valence-corrected chi connectivity index (χ1v) is 7.94. The fourth-order valence-corrected chi connectivity index (χ4v) is 3.22. The smallest absolute Gasteiger partial charge is 0.0850 e. The summed E-state index contributed by atoms with van der Waals surface area (Å²) in [5, 5.41) is 5.26. The molecule has 2 rings (SSSR count). The molecule has 0 aliphatic heterocycles.